The molecule has 0 saturated carbocycles. The summed E-state index contributed by atoms with van der Waals surface area (Å²) < 4.78 is 0. The van der Waals surface area contributed by atoms with Crippen LogP contribution in [0.25, 0.3) is 0 Å². The molecule has 0 aliphatic carbocycles. The largest absolute Gasteiger partial charge is 0.327 e. The van der Waals surface area contributed by atoms with Crippen LogP contribution in [0.2, 0.25) is 0 Å². The first-order valence-electron chi connectivity index (χ1n) is 14.5. The standard InChI is InChI=1S/C31H57N/c1-4-7-8-9-10-11-12-13-14-15-16-17-18-19-20-21-25-28-30(32)31(5-2,6-3)29-26-23-22-24-27-29/h22-24,26-27,30H,4-21,25,28,32H2,1-3H3. The van der Waals surface area contributed by atoms with E-state index in [1.54, 1.807) is 0 Å². The van der Waals surface area contributed by atoms with Crippen LogP contribution in [0.5, 0.6) is 0 Å². The summed E-state index contributed by atoms with van der Waals surface area (Å²) in [6.45, 7) is 6.92. The number of nitrogens with two attached hydrogens (primary N) is 1. The zero-order valence-electron chi connectivity index (χ0n) is 22.2. The van der Waals surface area contributed by atoms with Crippen LogP contribution in [-0.4, -0.2) is 6.04 Å². The van der Waals surface area contributed by atoms with E-state index < -0.39 is 0 Å². The van der Waals surface area contributed by atoms with E-state index in [0.717, 1.165) is 19.3 Å². The van der Waals surface area contributed by atoms with Crippen LogP contribution in [0.1, 0.15) is 155 Å². The molecule has 0 radical (unpaired) electrons. The van der Waals surface area contributed by atoms with E-state index in [2.05, 4.69) is 51.1 Å². The first-order valence-corrected chi connectivity index (χ1v) is 14.5. The molecule has 0 fully saturated rings. The Morgan fingerprint density at radius 2 is 0.938 bits per heavy atom. The van der Waals surface area contributed by atoms with Crippen molar-refractivity contribution in [3.8, 4) is 0 Å². The lowest BCUT2D eigenvalue weighted by molar-refractivity contribution is 0.297. The lowest BCUT2D eigenvalue weighted by atomic mass is 9.69. The van der Waals surface area contributed by atoms with Gasteiger partial charge in [-0.15, -0.1) is 0 Å². The van der Waals surface area contributed by atoms with Crippen LogP contribution >= 0.6 is 0 Å². The zero-order valence-corrected chi connectivity index (χ0v) is 22.2. The Balaban J connectivity index is 1.98. The van der Waals surface area contributed by atoms with Gasteiger partial charge < -0.3 is 5.73 Å². The van der Waals surface area contributed by atoms with Gasteiger partial charge in [0.05, 0.1) is 0 Å². The molecule has 0 saturated heterocycles. The molecule has 1 atom stereocenters. The molecule has 1 aromatic rings. The number of benzene rings is 1. The molecule has 1 unspecified atom stereocenters. The van der Waals surface area contributed by atoms with Gasteiger partial charge in [-0.3, -0.25) is 0 Å². The Bertz CT molecular complexity index is 504. The van der Waals surface area contributed by atoms with Gasteiger partial charge in [-0.2, -0.15) is 0 Å². The highest BCUT2D eigenvalue weighted by molar-refractivity contribution is 5.27. The van der Waals surface area contributed by atoms with Gasteiger partial charge in [0.2, 0.25) is 0 Å². The smallest absolute Gasteiger partial charge is 0.0136 e. The monoisotopic (exact) mass is 443 g/mol. The minimum absolute atomic E-state index is 0.149. The molecule has 1 aromatic carbocycles. The third-order valence-electron chi connectivity index (χ3n) is 7.94. The molecule has 2 N–H and O–H groups in total. The van der Waals surface area contributed by atoms with Gasteiger partial charge in [-0.25, -0.2) is 0 Å². The Labute approximate surface area is 202 Å². The summed E-state index contributed by atoms with van der Waals surface area (Å²) in [5.74, 6) is 0. The molecule has 1 nitrogen and oxygen atoms in total. The van der Waals surface area contributed by atoms with Gasteiger partial charge in [0.15, 0.2) is 0 Å². The molecular formula is C31H57N. The van der Waals surface area contributed by atoms with E-state index in [1.807, 2.05) is 0 Å². The normalized spacial score (nSPS) is 12.9. The van der Waals surface area contributed by atoms with Crippen molar-refractivity contribution < 1.29 is 0 Å². The second-order valence-electron chi connectivity index (χ2n) is 10.3. The molecule has 0 aromatic heterocycles. The van der Waals surface area contributed by atoms with Gasteiger partial charge in [0, 0.05) is 11.5 Å². The van der Waals surface area contributed by atoms with Crippen molar-refractivity contribution in [3.63, 3.8) is 0 Å². The predicted octanol–water partition coefficient (Wildman–Crippen LogP) is 10.1. The van der Waals surface area contributed by atoms with Crippen LogP contribution in [-0.2, 0) is 5.41 Å². The lowest BCUT2D eigenvalue weighted by Gasteiger charge is -2.38. The van der Waals surface area contributed by atoms with Crippen molar-refractivity contribution >= 4 is 0 Å². The fourth-order valence-electron chi connectivity index (χ4n) is 5.53. The minimum Gasteiger partial charge on any atom is -0.327 e. The molecule has 0 bridgehead atoms. The van der Waals surface area contributed by atoms with E-state index in [9.17, 15) is 0 Å². The van der Waals surface area contributed by atoms with Crippen molar-refractivity contribution in [2.24, 2.45) is 5.73 Å². The Morgan fingerprint density at radius 3 is 1.31 bits per heavy atom. The van der Waals surface area contributed by atoms with Gasteiger partial charge >= 0.3 is 0 Å². The summed E-state index contributed by atoms with van der Waals surface area (Å²) in [5, 5.41) is 0. The van der Waals surface area contributed by atoms with Gasteiger partial charge in [0.25, 0.3) is 0 Å². The third-order valence-corrected chi connectivity index (χ3v) is 7.94. The third kappa shape index (κ3) is 11.9. The number of unbranched alkanes of at least 4 members (excludes halogenated alkanes) is 16. The summed E-state index contributed by atoms with van der Waals surface area (Å²) in [7, 11) is 0. The quantitative estimate of drug-likeness (QED) is 0.177. The Kier molecular flexibility index (Phi) is 17.9. The first kappa shape index (κ1) is 29.2. The highest BCUT2D eigenvalue weighted by Crippen LogP contribution is 2.36. The SMILES string of the molecule is CCCCCCCCCCCCCCCCCCCC(N)C(CC)(CC)c1ccccc1. The molecular weight excluding hydrogens is 386 g/mol. The summed E-state index contributed by atoms with van der Waals surface area (Å²) in [6, 6.07) is 11.3. The zero-order chi connectivity index (χ0) is 23.3. The predicted molar refractivity (Wildman–Crippen MR) is 145 cm³/mol. The average molecular weight is 444 g/mol. The average Bonchev–Trinajstić information content (AvgIpc) is 2.83. The summed E-state index contributed by atoms with van der Waals surface area (Å²) in [6.07, 6.45) is 27.7. The molecule has 0 spiro atoms. The van der Waals surface area contributed by atoms with E-state index >= 15 is 0 Å². The van der Waals surface area contributed by atoms with Crippen molar-refractivity contribution in [2.45, 2.75) is 161 Å². The number of hydrogen-bond acceptors (Lipinski definition) is 1. The van der Waals surface area contributed by atoms with Crippen LogP contribution < -0.4 is 5.73 Å². The van der Waals surface area contributed by atoms with Crippen molar-refractivity contribution in [3.05, 3.63) is 35.9 Å². The lowest BCUT2D eigenvalue weighted by Crippen LogP contribution is -2.44. The molecule has 1 rings (SSSR count). The maximum atomic E-state index is 6.77. The fourth-order valence-corrected chi connectivity index (χ4v) is 5.53. The van der Waals surface area contributed by atoms with Crippen molar-refractivity contribution in [1.82, 2.24) is 0 Å². The Hall–Kier alpha value is -0.820. The first-order chi connectivity index (χ1) is 15.7. The maximum absolute atomic E-state index is 6.77. The second-order valence-corrected chi connectivity index (χ2v) is 10.3. The molecule has 1 heteroatoms. The maximum Gasteiger partial charge on any atom is 0.0136 e. The van der Waals surface area contributed by atoms with Crippen LogP contribution in [0.15, 0.2) is 30.3 Å². The molecule has 32 heavy (non-hydrogen) atoms. The van der Waals surface area contributed by atoms with Crippen molar-refractivity contribution in [1.29, 1.82) is 0 Å². The highest BCUT2D eigenvalue weighted by atomic mass is 14.7. The molecule has 0 amide bonds. The van der Waals surface area contributed by atoms with Gasteiger partial charge in [-0.1, -0.05) is 160 Å². The molecule has 0 aliphatic heterocycles. The number of hydrogen-bond donors (Lipinski definition) is 1. The van der Waals surface area contributed by atoms with Crippen LogP contribution in [0.4, 0.5) is 0 Å². The van der Waals surface area contributed by atoms with E-state index in [4.69, 9.17) is 5.73 Å². The highest BCUT2D eigenvalue weighted by Gasteiger charge is 2.34. The van der Waals surface area contributed by atoms with Crippen LogP contribution in [0, 0.1) is 0 Å². The second kappa shape index (κ2) is 19.6. The Morgan fingerprint density at radius 1 is 0.562 bits per heavy atom. The van der Waals surface area contributed by atoms with E-state index in [0.29, 0.717) is 0 Å². The topological polar surface area (TPSA) is 26.0 Å². The van der Waals surface area contributed by atoms with Gasteiger partial charge in [0.1, 0.15) is 0 Å². The summed E-state index contributed by atoms with van der Waals surface area (Å²) in [4.78, 5) is 0. The van der Waals surface area contributed by atoms with E-state index in [1.165, 1.54) is 115 Å². The molecule has 0 heterocycles. The molecule has 186 valence electrons. The summed E-state index contributed by atoms with van der Waals surface area (Å²) >= 11 is 0. The minimum atomic E-state index is 0.149. The van der Waals surface area contributed by atoms with E-state index in [-0.39, 0.29) is 11.5 Å². The molecule has 0 aliphatic rings. The summed E-state index contributed by atoms with van der Waals surface area (Å²) in [5.41, 5.74) is 8.36. The van der Waals surface area contributed by atoms with Gasteiger partial charge in [-0.05, 0) is 24.8 Å². The van der Waals surface area contributed by atoms with Crippen molar-refractivity contribution in [2.75, 3.05) is 0 Å². The number of rotatable bonds is 22. The van der Waals surface area contributed by atoms with Crippen LogP contribution in [0.3, 0.4) is 0 Å². The fraction of sp³-hybridized carbons (Fsp3) is 0.806.